The minimum Gasteiger partial charge on any atom is -0.381 e. The van der Waals surface area contributed by atoms with Crippen molar-refractivity contribution >= 4 is 16.9 Å². The number of hydrogen-bond acceptors (Lipinski definition) is 4. The molecule has 1 fully saturated rings. The molecule has 2 unspecified atom stereocenters. The SMILES string of the molecule is Cc1nn(C)c2nn3c(c12)NCCC3C1CCOC1. The molecule has 0 spiro atoms. The van der Waals surface area contributed by atoms with Crippen LogP contribution in [0.4, 0.5) is 5.82 Å². The fourth-order valence-corrected chi connectivity index (χ4v) is 3.47. The van der Waals surface area contributed by atoms with Gasteiger partial charge >= 0.3 is 0 Å². The third kappa shape index (κ3) is 1.52. The second-order valence-corrected chi connectivity index (χ2v) is 5.61. The molecule has 4 heterocycles. The molecule has 0 saturated carbocycles. The van der Waals surface area contributed by atoms with Crippen molar-refractivity contribution in [1.82, 2.24) is 19.6 Å². The molecular weight excluding hydrogens is 242 g/mol. The van der Waals surface area contributed by atoms with Gasteiger partial charge in [0.15, 0.2) is 5.65 Å². The third-order valence-electron chi connectivity index (χ3n) is 4.42. The van der Waals surface area contributed by atoms with Gasteiger partial charge in [-0.1, -0.05) is 0 Å². The minimum atomic E-state index is 0.463. The summed E-state index contributed by atoms with van der Waals surface area (Å²) in [6.45, 7) is 4.83. The van der Waals surface area contributed by atoms with E-state index in [4.69, 9.17) is 9.84 Å². The summed E-state index contributed by atoms with van der Waals surface area (Å²) in [6, 6.07) is 0.463. The standard InChI is InChI=1S/C13H19N5O/c1-8-11-12-14-5-3-10(9-4-6-19-7-9)18(12)16-13(11)17(2)15-8/h9-10,14H,3-7H2,1-2H3. The molecule has 2 aliphatic heterocycles. The van der Waals surface area contributed by atoms with Gasteiger partial charge < -0.3 is 10.1 Å². The van der Waals surface area contributed by atoms with E-state index in [1.165, 1.54) is 5.39 Å². The van der Waals surface area contributed by atoms with E-state index in [-0.39, 0.29) is 0 Å². The lowest BCUT2D eigenvalue weighted by Crippen LogP contribution is -2.29. The van der Waals surface area contributed by atoms with Gasteiger partial charge in [0.05, 0.1) is 23.7 Å². The van der Waals surface area contributed by atoms with Crippen LogP contribution < -0.4 is 5.32 Å². The van der Waals surface area contributed by atoms with E-state index < -0.39 is 0 Å². The fourth-order valence-electron chi connectivity index (χ4n) is 3.47. The van der Waals surface area contributed by atoms with Gasteiger partial charge in [-0.05, 0) is 19.8 Å². The van der Waals surface area contributed by atoms with Gasteiger partial charge in [0.1, 0.15) is 5.82 Å². The molecule has 6 heteroatoms. The van der Waals surface area contributed by atoms with Crippen molar-refractivity contribution in [1.29, 1.82) is 0 Å². The van der Waals surface area contributed by atoms with E-state index in [1.54, 1.807) is 0 Å². The predicted octanol–water partition coefficient (Wildman–Crippen LogP) is 1.47. The second kappa shape index (κ2) is 3.96. The van der Waals surface area contributed by atoms with E-state index in [9.17, 15) is 0 Å². The van der Waals surface area contributed by atoms with Crippen molar-refractivity contribution in [2.24, 2.45) is 13.0 Å². The molecule has 6 nitrogen and oxygen atoms in total. The van der Waals surface area contributed by atoms with Gasteiger partial charge in [0.2, 0.25) is 0 Å². The molecule has 1 saturated heterocycles. The molecule has 2 aromatic heterocycles. The zero-order valence-corrected chi connectivity index (χ0v) is 11.4. The van der Waals surface area contributed by atoms with Gasteiger partial charge in [-0.15, -0.1) is 0 Å². The molecule has 0 bridgehead atoms. The van der Waals surface area contributed by atoms with Crippen LogP contribution in [0.3, 0.4) is 0 Å². The number of nitrogens with one attached hydrogen (secondary N) is 1. The average Bonchev–Trinajstić information content (AvgIpc) is 3.09. The van der Waals surface area contributed by atoms with Gasteiger partial charge in [-0.2, -0.15) is 10.2 Å². The quantitative estimate of drug-likeness (QED) is 0.844. The van der Waals surface area contributed by atoms with Crippen LogP contribution in [-0.4, -0.2) is 39.3 Å². The Morgan fingerprint density at radius 3 is 3.00 bits per heavy atom. The Labute approximate surface area is 111 Å². The van der Waals surface area contributed by atoms with Crippen molar-refractivity contribution in [3.63, 3.8) is 0 Å². The maximum atomic E-state index is 5.55. The zero-order valence-electron chi connectivity index (χ0n) is 11.4. The van der Waals surface area contributed by atoms with Gasteiger partial charge in [-0.3, -0.25) is 0 Å². The number of aryl methyl sites for hydroxylation is 2. The van der Waals surface area contributed by atoms with Gasteiger partial charge in [-0.25, -0.2) is 9.36 Å². The van der Waals surface area contributed by atoms with Crippen LogP contribution in [0.1, 0.15) is 24.6 Å². The Bertz CT molecular complexity index is 623. The third-order valence-corrected chi connectivity index (χ3v) is 4.42. The molecule has 2 atom stereocenters. The molecule has 4 rings (SSSR count). The normalized spacial score (nSPS) is 26.6. The Balaban J connectivity index is 1.86. The van der Waals surface area contributed by atoms with E-state index in [0.29, 0.717) is 12.0 Å². The average molecular weight is 261 g/mol. The van der Waals surface area contributed by atoms with Crippen LogP contribution in [0.5, 0.6) is 0 Å². The smallest absolute Gasteiger partial charge is 0.182 e. The Morgan fingerprint density at radius 2 is 2.21 bits per heavy atom. The molecule has 2 aliphatic rings. The maximum absolute atomic E-state index is 5.55. The Hall–Kier alpha value is -1.56. The van der Waals surface area contributed by atoms with Crippen molar-refractivity contribution in [2.45, 2.75) is 25.8 Å². The fraction of sp³-hybridized carbons (Fsp3) is 0.692. The number of nitrogens with zero attached hydrogens (tertiary/aromatic N) is 4. The van der Waals surface area contributed by atoms with E-state index in [1.807, 2.05) is 11.7 Å². The van der Waals surface area contributed by atoms with Crippen molar-refractivity contribution in [3.05, 3.63) is 5.69 Å². The second-order valence-electron chi connectivity index (χ2n) is 5.61. The summed E-state index contributed by atoms with van der Waals surface area (Å²) in [5.74, 6) is 1.74. The van der Waals surface area contributed by atoms with Gasteiger partial charge in [0.25, 0.3) is 0 Å². The first-order valence-electron chi connectivity index (χ1n) is 6.99. The minimum absolute atomic E-state index is 0.463. The van der Waals surface area contributed by atoms with E-state index in [2.05, 4.69) is 22.0 Å². The molecule has 0 aliphatic carbocycles. The Morgan fingerprint density at radius 1 is 1.32 bits per heavy atom. The molecule has 102 valence electrons. The van der Waals surface area contributed by atoms with Crippen LogP contribution in [-0.2, 0) is 11.8 Å². The summed E-state index contributed by atoms with van der Waals surface area (Å²) in [7, 11) is 1.96. The number of anilines is 1. The van der Waals surface area contributed by atoms with Crippen molar-refractivity contribution in [2.75, 3.05) is 25.1 Å². The highest BCUT2D eigenvalue weighted by Crippen LogP contribution is 2.38. The van der Waals surface area contributed by atoms with Crippen LogP contribution in [0, 0.1) is 12.8 Å². The maximum Gasteiger partial charge on any atom is 0.182 e. The number of rotatable bonds is 1. The summed E-state index contributed by atoms with van der Waals surface area (Å²) < 4.78 is 9.61. The molecular formula is C13H19N5O. The first-order valence-corrected chi connectivity index (χ1v) is 6.99. The van der Waals surface area contributed by atoms with Crippen LogP contribution in [0.15, 0.2) is 0 Å². The summed E-state index contributed by atoms with van der Waals surface area (Å²) in [5, 5.41) is 13.9. The summed E-state index contributed by atoms with van der Waals surface area (Å²) in [5.41, 5.74) is 2.03. The first-order chi connectivity index (χ1) is 9.25. The summed E-state index contributed by atoms with van der Waals surface area (Å²) >= 11 is 0. The Kier molecular flexibility index (Phi) is 2.35. The lowest BCUT2D eigenvalue weighted by atomic mass is 9.95. The van der Waals surface area contributed by atoms with Crippen molar-refractivity contribution in [3.8, 4) is 0 Å². The van der Waals surface area contributed by atoms with E-state index >= 15 is 0 Å². The largest absolute Gasteiger partial charge is 0.381 e. The van der Waals surface area contributed by atoms with Crippen LogP contribution >= 0.6 is 0 Å². The summed E-state index contributed by atoms with van der Waals surface area (Å²) in [4.78, 5) is 0. The van der Waals surface area contributed by atoms with Gasteiger partial charge in [0, 0.05) is 26.1 Å². The molecule has 19 heavy (non-hydrogen) atoms. The number of aromatic nitrogens is 4. The molecule has 2 aromatic rings. The molecule has 0 radical (unpaired) electrons. The lowest BCUT2D eigenvalue weighted by molar-refractivity contribution is 0.167. The molecule has 1 N–H and O–H groups in total. The van der Waals surface area contributed by atoms with Crippen LogP contribution in [0.2, 0.25) is 0 Å². The molecule has 0 amide bonds. The summed E-state index contributed by atoms with van der Waals surface area (Å²) in [6.07, 6.45) is 2.28. The lowest BCUT2D eigenvalue weighted by Gasteiger charge is -2.29. The molecule has 0 aromatic carbocycles. The highest BCUT2D eigenvalue weighted by molar-refractivity contribution is 5.90. The first kappa shape index (κ1) is 11.3. The monoisotopic (exact) mass is 261 g/mol. The number of ether oxygens (including phenoxy) is 1. The highest BCUT2D eigenvalue weighted by atomic mass is 16.5. The zero-order chi connectivity index (χ0) is 13.0. The van der Waals surface area contributed by atoms with E-state index in [0.717, 1.165) is 49.8 Å². The highest BCUT2D eigenvalue weighted by Gasteiger charge is 2.33. The predicted molar refractivity (Wildman–Crippen MR) is 72.3 cm³/mol. The number of hydrogen-bond donors (Lipinski definition) is 1. The topological polar surface area (TPSA) is 56.9 Å². The van der Waals surface area contributed by atoms with Crippen LogP contribution in [0.25, 0.3) is 11.0 Å². The number of fused-ring (bicyclic) bond motifs is 3. The van der Waals surface area contributed by atoms with Crippen molar-refractivity contribution < 1.29 is 4.74 Å².